The lowest BCUT2D eigenvalue weighted by Gasteiger charge is -2.33. The minimum Gasteiger partial charge on any atom is -0.492 e. The number of carbonyl (C=O) groups is 1. The van der Waals surface area contributed by atoms with Crippen LogP contribution in [0.2, 0.25) is 5.02 Å². The van der Waals surface area contributed by atoms with Crippen molar-refractivity contribution in [2.45, 2.75) is 20.3 Å². The first kappa shape index (κ1) is 30.2. The van der Waals surface area contributed by atoms with Crippen LogP contribution in [-0.4, -0.2) is 78.3 Å². The van der Waals surface area contributed by atoms with Crippen molar-refractivity contribution in [1.82, 2.24) is 14.8 Å². The van der Waals surface area contributed by atoms with E-state index in [0.717, 1.165) is 26.2 Å². The van der Waals surface area contributed by atoms with E-state index in [9.17, 15) is 14.4 Å². The molecule has 2 aromatic carbocycles. The van der Waals surface area contributed by atoms with Gasteiger partial charge in [0.25, 0.3) is 0 Å². The largest absolute Gasteiger partial charge is 0.492 e. The minimum absolute atomic E-state index is 0.0482. The molecule has 0 bridgehead atoms. The summed E-state index contributed by atoms with van der Waals surface area (Å²) >= 11 is 6.00. The molecule has 0 aliphatic carbocycles. The van der Waals surface area contributed by atoms with Crippen molar-refractivity contribution in [2.24, 2.45) is 0 Å². The fourth-order valence-corrected chi connectivity index (χ4v) is 4.95. The van der Waals surface area contributed by atoms with Crippen LogP contribution < -0.4 is 15.4 Å². The highest BCUT2D eigenvalue weighted by Crippen LogP contribution is 2.38. The van der Waals surface area contributed by atoms with Gasteiger partial charge in [-0.15, -0.1) is 0 Å². The summed E-state index contributed by atoms with van der Waals surface area (Å²) in [5.74, 6) is -0.542. The molecule has 1 amide bonds. The van der Waals surface area contributed by atoms with Crippen molar-refractivity contribution in [2.75, 3.05) is 63.1 Å². The van der Waals surface area contributed by atoms with Crippen molar-refractivity contribution in [1.29, 1.82) is 5.26 Å². The molecule has 0 radical (unpaired) electrons. The van der Waals surface area contributed by atoms with E-state index >= 15 is 0 Å². The number of aliphatic hydroxyl groups is 1. The number of amides is 1. The number of hydrogen-bond acceptors (Lipinski definition) is 8. The third kappa shape index (κ3) is 7.31. The number of hydrogen-bond donors (Lipinski definition) is 3. The van der Waals surface area contributed by atoms with Gasteiger partial charge in [0.2, 0.25) is 5.91 Å². The number of β-amino-alcohol motifs (C(OH)–C–C–N with tert-alkyl or cyclic N) is 1. The van der Waals surface area contributed by atoms with Crippen molar-refractivity contribution in [3.63, 3.8) is 0 Å². The second kappa shape index (κ2) is 14.2. The van der Waals surface area contributed by atoms with E-state index in [2.05, 4.69) is 31.5 Å². The Hall–Kier alpha value is -3.75. The Morgan fingerprint density at radius 2 is 1.98 bits per heavy atom. The molecule has 2 heterocycles. The molecule has 3 aromatic rings. The normalized spacial score (nSPS) is 14.3. The van der Waals surface area contributed by atoms with Crippen LogP contribution >= 0.6 is 11.6 Å². The topological polar surface area (TPSA) is 114 Å². The van der Waals surface area contributed by atoms with Gasteiger partial charge in [0.15, 0.2) is 5.82 Å². The van der Waals surface area contributed by atoms with Crippen LogP contribution in [-0.2, 0) is 11.2 Å². The summed E-state index contributed by atoms with van der Waals surface area (Å²) in [6.07, 6.45) is 3.78. The Kier molecular flexibility index (Phi) is 10.5. The van der Waals surface area contributed by atoms with Crippen LogP contribution in [0, 0.1) is 17.1 Å². The number of nitriles is 1. The first-order chi connectivity index (χ1) is 19.9. The number of anilines is 3. The molecular formula is C30H34ClFN6O3. The van der Waals surface area contributed by atoms with Gasteiger partial charge in [-0.2, -0.15) is 5.26 Å². The number of fused-ring (bicyclic) bond motifs is 1. The van der Waals surface area contributed by atoms with Crippen molar-refractivity contribution < 1.29 is 19.0 Å². The molecule has 0 unspecified atom stereocenters. The fourth-order valence-electron chi connectivity index (χ4n) is 4.78. The van der Waals surface area contributed by atoms with Crippen LogP contribution in [0.3, 0.4) is 0 Å². The van der Waals surface area contributed by atoms with E-state index < -0.39 is 5.82 Å². The van der Waals surface area contributed by atoms with Gasteiger partial charge in [-0.3, -0.25) is 19.6 Å². The number of aliphatic hydroxyl groups excluding tert-OH is 1. The van der Waals surface area contributed by atoms with E-state index in [-0.39, 0.29) is 28.8 Å². The molecular weight excluding hydrogens is 547 g/mol. The molecule has 1 saturated heterocycles. The van der Waals surface area contributed by atoms with Crippen LogP contribution in [0.5, 0.6) is 5.75 Å². The van der Waals surface area contributed by atoms with Crippen LogP contribution in [0.15, 0.2) is 42.5 Å². The first-order valence-corrected chi connectivity index (χ1v) is 14.0. The summed E-state index contributed by atoms with van der Waals surface area (Å²) in [5.41, 5.74) is 2.23. The number of aromatic nitrogens is 1. The molecule has 0 saturated carbocycles. The van der Waals surface area contributed by atoms with E-state index in [1.165, 1.54) is 18.2 Å². The maximum atomic E-state index is 14.8. The van der Waals surface area contributed by atoms with E-state index in [0.29, 0.717) is 59.8 Å². The summed E-state index contributed by atoms with van der Waals surface area (Å²) in [7, 11) is 0. The van der Waals surface area contributed by atoms with Gasteiger partial charge in [0.05, 0.1) is 52.1 Å². The van der Waals surface area contributed by atoms with Gasteiger partial charge in [0, 0.05) is 56.8 Å². The van der Waals surface area contributed by atoms with Crippen molar-refractivity contribution in [3.8, 4) is 11.8 Å². The standard InChI is InChI=1S/C30H34ClFN6O3/c1-3-23-21(19-33)30(36-24-8-5-7-22(31)29(24)32)20-17-26(27(41-4-2)18-25(20)34-23)35-28(40)9-6-10-37-11-13-38(14-12-37)15-16-39/h5-9,17-18,39H,3-4,10-16H2,1-2H3,(H,34,36)(H,35,40)/b9-6+. The summed E-state index contributed by atoms with van der Waals surface area (Å²) < 4.78 is 20.7. The molecule has 1 aliphatic rings. The molecule has 1 aromatic heterocycles. The first-order valence-electron chi connectivity index (χ1n) is 13.7. The van der Waals surface area contributed by atoms with Gasteiger partial charge < -0.3 is 20.5 Å². The number of rotatable bonds is 11. The number of ether oxygens (including phenoxy) is 1. The van der Waals surface area contributed by atoms with Crippen LogP contribution in [0.4, 0.5) is 21.5 Å². The smallest absolute Gasteiger partial charge is 0.248 e. The Labute approximate surface area is 244 Å². The number of benzene rings is 2. The second-order valence-electron chi connectivity index (χ2n) is 9.56. The molecule has 216 valence electrons. The van der Waals surface area contributed by atoms with Crippen molar-refractivity contribution >= 4 is 45.5 Å². The van der Waals surface area contributed by atoms with E-state index in [1.54, 1.807) is 18.2 Å². The number of aryl methyl sites for hydroxylation is 1. The highest BCUT2D eigenvalue weighted by Gasteiger charge is 2.20. The third-order valence-corrected chi connectivity index (χ3v) is 7.18. The Balaban J connectivity index is 1.63. The fraction of sp³-hybridized carbons (Fsp3) is 0.367. The zero-order valence-corrected chi connectivity index (χ0v) is 24.0. The number of carbonyl (C=O) groups excluding carboxylic acids is 1. The van der Waals surface area contributed by atoms with Gasteiger partial charge in [-0.25, -0.2) is 4.39 Å². The van der Waals surface area contributed by atoms with E-state index in [1.807, 2.05) is 19.9 Å². The second-order valence-corrected chi connectivity index (χ2v) is 9.96. The van der Waals surface area contributed by atoms with Gasteiger partial charge in [-0.05, 0) is 31.5 Å². The third-order valence-electron chi connectivity index (χ3n) is 6.89. The Morgan fingerprint density at radius 1 is 1.22 bits per heavy atom. The molecule has 0 atom stereocenters. The predicted octanol–water partition coefficient (Wildman–Crippen LogP) is 4.71. The monoisotopic (exact) mass is 580 g/mol. The molecule has 3 N–H and O–H groups in total. The molecule has 1 aliphatic heterocycles. The quantitative estimate of drug-likeness (QED) is 0.280. The van der Waals surface area contributed by atoms with Crippen LogP contribution in [0.1, 0.15) is 25.1 Å². The highest BCUT2D eigenvalue weighted by atomic mass is 35.5. The zero-order valence-electron chi connectivity index (χ0n) is 23.2. The lowest BCUT2D eigenvalue weighted by atomic mass is 10.0. The molecule has 41 heavy (non-hydrogen) atoms. The highest BCUT2D eigenvalue weighted by molar-refractivity contribution is 6.31. The minimum atomic E-state index is -0.638. The SMILES string of the molecule is CCOc1cc2nc(CC)c(C#N)c(Nc3cccc(Cl)c3F)c2cc1NC(=O)/C=C/CN1CCN(CCO)CC1. The predicted molar refractivity (Wildman–Crippen MR) is 159 cm³/mol. The molecule has 0 spiro atoms. The number of pyridine rings is 1. The maximum absolute atomic E-state index is 14.8. The maximum Gasteiger partial charge on any atom is 0.248 e. The summed E-state index contributed by atoms with van der Waals surface area (Å²) in [6.45, 7) is 9.04. The molecule has 4 rings (SSSR count). The summed E-state index contributed by atoms with van der Waals surface area (Å²) in [4.78, 5) is 22.0. The number of nitrogens with zero attached hydrogens (tertiary/aromatic N) is 4. The zero-order chi connectivity index (χ0) is 29.4. The number of nitrogens with one attached hydrogen (secondary N) is 2. The van der Waals surface area contributed by atoms with Gasteiger partial charge >= 0.3 is 0 Å². The Morgan fingerprint density at radius 3 is 2.66 bits per heavy atom. The average molecular weight is 581 g/mol. The Bertz CT molecular complexity index is 1470. The molecule has 1 fully saturated rings. The number of halogens is 2. The van der Waals surface area contributed by atoms with Crippen molar-refractivity contribution in [3.05, 3.63) is 64.6 Å². The van der Waals surface area contributed by atoms with Crippen LogP contribution in [0.25, 0.3) is 10.9 Å². The van der Waals surface area contributed by atoms with E-state index in [4.69, 9.17) is 21.4 Å². The lowest BCUT2D eigenvalue weighted by molar-refractivity contribution is -0.111. The number of piperazine rings is 1. The van der Waals surface area contributed by atoms with Gasteiger partial charge in [0.1, 0.15) is 11.8 Å². The molecule has 11 heteroatoms. The molecule has 9 nitrogen and oxygen atoms in total. The summed E-state index contributed by atoms with van der Waals surface area (Å²) in [5, 5.41) is 25.5. The average Bonchev–Trinajstić information content (AvgIpc) is 2.97. The summed E-state index contributed by atoms with van der Waals surface area (Å²) in [6, 6.07) is 10.2. The lowest BCUT2D eigenvalue weighted by Crippen LogP contribution is -2.47. The van der Waals surface area contributed by atoms with Gasteiger partial charge in [-0.1, -0.05) is 30.7 Å².